The summed E-state index contributed by atoms with van der Waals surface area (Å²) in [5.41, 5.74) is 1.33. The molecule has 3 nitrogen and oxygen atoms in total. The van der Waals surface area contributed by atoms with Gasteiger partial charge >= 0.3 is 0 Å². The molecule has 0 atom stereocenters. The Bertz CT molecular complexity index is 300. The van der Waals surface area contributed by atoms with E-state index in [9.17, 15) is 0 Å². The van der Waals surface area contributed by atoms with Gasteiger partial charge in [0.25, 0.3) is 0 Å². The zero-order valence-corrected chi connectivity index (χ0v) is 10.3. The molecule has 1 aliphatic carbocycles. The molecular weight excluding hydrogens is 198 g/mol. The molecule has 2 rings (SSSR count). The molecule has 90 valence electrons. The van der Waals surface area contributed by atoms with Crippen LogP contribution in [0.1, 0.15) is 37.7 Å². The maximum atomic E-state index is 4.17. The lowest BCUT2D eigenvalue weighted by atomic mass is 9.89. The van der Waals surface area contributed by atoms with E-state index in [-0.39, 0.29) is 0 Å². The second-order valence-corrected chi connectivity index (χ2v) is 4.98. The summed E-state index contributed by atoms with van der Waals surface area (Å²) < 4.78 is 1.87. The highest BCUT2D eigenvalue weighted by atomic mass is 15.2. The van der Waals surface area contributed by atoms with Gasteiger partial charge in [-0.1, -0.05) is 19.3 Å². The molecule has 0 spiro atoms. The highest BCUT2D eigenvalue weighted by molar-refractivity contribution is 5.03. The molecule has 1 fully saturated rings. The van der Waals surface area contributed by atoms with Gasteiger partial charge in [0.15, 0.2) is 0 Å². The standard InChI is InChI=1S/C13H23N3/c1-16-11-13(10-15-16)7-8-14-9-12-5-3-2-4-6-12/h10-12,14H,2-9H2,1H3. The van der Waals surface area contributed by atoms with Gasteiger partial charge in [-0.2, -0.15) is 5.10 Å². The van der Waals surface area contributed by atoms with E-state index < -0.39 is 0 Å². The van der Waals surface area contributed by atoms with Gasteiger partial charge in [0.2, 0.25) is 0 Å². The van der Waals surface area contributed by atoms with Gasteiger partial charge in [0, 0.05) is 13.2 Å². The van der Waals surface area contributed by atoms with Crippen molar-refractivity contribution in [1.82, 2.24) is 15.1 Å². The van der Waals surface area contributed by atoms with Crippen LogP contribution in [-0.4, -0.2) is 22.9 Å². The highest BCUT2D eigenvalue weighted by Crippen LogP contribution is 2.22. The van der Waals surface area contributed by atoms with Gasteiger partial charge in [-0.3, -0.25) is 4.68 Å². The fourth-order valence-corrected chi connectivity index (χ4v) is 2.53. The Balaban J connectivity index is 1.57. The molecule has 1 heterocycles. The third-order valence-electron chi connectivity index (χ3n) is 3.51. The summed E-state index contributed by atoms with van der Waals surface area (Å²) in [6.07, 6.45) is 12.3. The maximum Gasteiger partial charge on any atom is 0.0522 e. The van der Waals surface area contributed by atoms with Crippen molar-refractivity contribution in [2.45, 2.75) is 38.5 Å². The van der Waals surface area contributed by atoms with E-state index in [0.29, 0.717) is 0 Å². The average molecular weight is 221 g/mol. The zero-order valence-electron chi connectivity index (χ0n) is 10.3. The number of hydrogen-bond acceptors (Lipinski definition) is 2. The summed E-state index contributed by atoms with van der Waals surface area (Å²) in [5, 5.41) is 7.75. The summed E-state index contributed by atoms with van der Waals surface area (Å²) in [5.74, 6) is 0.933. The maximum absolute atomic E-state index is 4.17. The second kappa shape index (κ2) is 6.04. The Hall–Kier alpha value is -0.830. The lowest BCUT2D eigenvalue weighted by Gasteiger charge is -2.21. The summed E-state index contributed by atoms with van der Waals surface area (Å²) in [6, 6.07) is 0. The van der Waals surface area contributed by atoms with Gasteiger partial charge in [-0.15, -0.1) is 0 Å². The Morgan fingerprint density at radius 1 is 1.38 bits per heavy atom. The van der Waals surface area contributed by atoms with Crippen LogP contribution in [0.4, 0.5) is 0 Å². The first kappa shape index (κ1) is 11.6. The molecular formula is C13H23N3. The second-order valence-electron chi connectivity index (χ2n) is 4.98. The zero-order chi connectivity index (χ0) is 11.2. The molecule has 0 aromatic carbocycles. The van der Waals surface area contributed by atoms with E-state index in [2.05, 4.69) is 16.6 Å². The third kappa shape index (κ3) is 3.63. The molecule has 0 bridgehead atoms. The molecule has 1 aliphatic rings. The summed E-state index contributed by atoms with van der Waals surface area (Å²) in [4.78, 5) is 0. The van der Waals surface area contributed by atoms with Crippen LogP contribution in [0.2, 0.25) is 0 Å². The van der Waals surface area contributed by atoms with Crippen molar-refractivity contribution < 1.29 is 0 Å². The van der Waals surface area contributed by atoms with Crippen molar-refractivity contribution in [2.24, 2.45) is 13.0 Å². The summed E-state index contributed by atoms with van der Waals surface area (Å²) in [7, 11) is 1.97. The van der Waals surface area contributed by atoms with Gasteiger partial charge in [-0.25, -0.2) is 0 Å². The van der Waals surface area contributed by atoms with E-state index in [4.69, 9.17) is 0 Å². The molecule has 0 unspecified atom stereocenters. The Labute approximate surface area is 98.2 Å². The SMILES string of the molecule is Cn1cc(CCNCC2CCCCC2)cn1. The third-order valence-corrected chi connectivity index (χ3v) is 3.51. The predicted molar refractivity (Wildman–Crippen MR) is 66.4 cm³/mol. The number of aromatic nitrogens is 2. The first-order valence-corrected chi connectivity index (χ1v) is 6.53. The smallest absolute Gasteiger partial charge is 0.0522 e. The minimum Gasteiger partial charge on any atom is -0.316 e. The summed E-state index contributed by atoms with van der Waals surface area (Å²) >= 11 is 0. The number of rotatable bonds is 5. The topological polar surface area (TPSA) is 29.9 Å². The largest absolute Gasteiger partial charge is 0.316 e. The number of nitrogens with zero attached hydrogens (tertiary/aromatic N) is 2. The quantitative estimate of drug-likeness (QED) is 0.772. The minimum atomic E-state index is 0.933. The summed E-state index contributed by atoms with van der Waals surface area (Å²) in [6.45, 7) is 2.29. The van der Waals surface area contributed by atoms with Crippen LogP contribution >= 0.6 is 0 Å². The van der Waals surface area contributed by atoms with Crippen LogP contribution in [0.5, 0.6) is 0 Å². The number of nitrogens with one attached hydrogen (secondary N) is 1. The van der Waals surface area contributed by atoms with E-state index in [0.717, 1.165) is 18.9 Å². The first-order valence-electron chi connectivity index (χ1n) is 6.53. The van der Waals surface area contributed by atoms with Crippen molar-refractivity contribution in [3.63, 3.8) is 0 Å². The van der Waals surface area contributed by atoms with Crippen LogP contribution in [-0.2, 0) is 13.5 Å². The Morgan fingerprint density at radius 2 is 2.19 bits per heavy atom. The first-order chi connectivity index (χ1) is 7.84. The molecule has 0 aliphatic heterocycles. The molecule has 0 saturated heterocycles. The molecule has 1 aromatic heterocycles. The molecule has 1 N–H and O–H groups in total. The fraction of sp³-hybridized carbons (Fsp3) is 0.769. The predicted octanol–water partition coefficient (Wildman–Crippen LogP) is 2.13. The number of aryl methyl sites for hydroxylation is 1. The van der Waals surface area contributed by atoms with Gasteiger partial charge in [0.05, 0.1) is 6.20 Å². The lowest BCUT2D eigenvalue weighted by Crippen LogP contribution is -2.26. The van der Waals surface area contributed by atoms with Gasteiger partial charge in [0.1, 0.15) is 0 Å². The van der Waals surface area contributed by atoms with Crippen LogP contribution in [0.15, 0.2) is 12.4 Å². The number of hydrogen-bond donors (Lipinski definition) is 1. The highest BCUT2D eigenvalue weighted by Gasteiger charge is 2.12. The molecule has 1 aromatic rings. The van der Waals surface area contributed by atoms with Crippen molar-refractivity contribution in [3.8, 4) is 0 Å². The molecule has 3 heteroatoms. The van der Waals surface area contributed by atoms with Gasteiger partial charge in [-0.05, 0) is 43.8 Å². The molecule has 0 radical (unpaired) electrons. The lowest BCUT2D eigenvalue weighted by molar-refractivity contribution is 0.343. The minimum absolute atomic E-state index is 0.933. The molecule has 1 saturated carbocycles. The van der Waals surface area contributed by atoms with Crippen molar-refractivity contribution >= 4 is 0 Å². The van der Waals surface area contributed by atoms with E-state index in [1.54, 1.807) is 0 Å². The van der Waals surface area contributed by atoms with E-state index in [1.807, 2.05) is 17.9 Å². The Morgan fingerprint density at radius 3 is 2.88 bits per heavy atom. The monoisotopic (exact) mass is 221 g/mol. The van der Waals surface area contributed by atoms with Crippen LogP contribution in [0.25, 0.3) is 0 Å². The molecule has 0 amide bonds. The van der Waals surface area contributed by atoms with E-state index >= 15 is 0 Å². The Kier molecular flexibility index (Phi) is 4.40. The average Bonchev–Trinajstić information content (AvgIpc) is 2.72. The van der Waals surface area contributed by atoms with Crippen molar-refractivity contribution in [2.75, 3.05) is 13.1 Å². The fourth-order valence-electron chi connectivity index (χ4n) is 2.53. The van der Waals surface area contributed by atoms with Crippen LogP contribution in [0.3, 0.4) is 0 Å². The molecule has 16 heavy (non-hydrogen) atoms. The van der Waals surface area contributed by atoms with Crippen LogP contribution in [0, 0.1) is 5.92 Å². The van der Waals surface area contributed by atoms with Crippen molar-refractivity contribution in [3.05, 3.63) is 18.0 Å². The normalized spacial score (nSPS) is 17.8. The van der Waals surface area contributed by atoms with Crippen LogP contribution < -0.4 is 5.32 Å². The van der Waals surface area contributed by atoms with E-state index in [1.165, 1.54) is 44.2 Å². The van der Waals surface area contributed by atoms with Gasteiger partial charge < -0.3 is 5.32 Å². The van der Waals surface area contributed by atoms with Crippen molar-refractivity contribution in [1.29, 1.82) is 0 Å².